The van der Waals surface area contributed by atoms with Crippen LogP contribution in [0, 0.1) is 0 Å². The van der Waals surface area contributed by atoms with Gasteiger partial charge < -0.3 is 0 Å². The van der Waals surface area contributed by atoms with Gasteiger partial charge in [-0.25, -0.2) is 9.20 Å². The molecule has 1 aromatic carbocycles. The molecule has 0 fully saturated rings. The number of rotatable bonds is 0. The molecule has 0 aliphatic carbocycles. The van der Waals surface area contributed by atoms with Gasteiger partial charge in [-0.15, -0.1) is 0 Å². The molecule has 1 heterocycles. The van der Waals surface area contributed by atoms with E-state index in [1.54, 1.807) is 0 Å². The van der Waals surface area contributed by atoms with Crippen LogP contribution in [-0.4, -0.2) is 39.3 Å². The number of hydrogen-bond acceptors (Lipinski definition) is 2. The van der Waals surface area contributed by atoms with Crippen molar-refractivity contribution in [2.24, 2.45) is 4.99 Å². The van der Waals surface area contributed by atoms with E-state index in [1.165, 1.54) is 5.55 Å². The zero-order chi connectivity index (χ0) is 6.97. The van der Waals surface area contributed by atoms with Gasteiger partial charge in [-0.2, -0.15) is 0 Å². The predicted molar refractivity (Wildman–Crippen MR) is 46.8 cm³/mol. The molecule has 51 valence electrons. The number of aliphatic imine (C=N–C) groups is 1. The van der Waals surface area contributed by atoms with Crippen LogP contribution < -0.4 is 0 Å². The van der Waals surface area contributed by atoms with Gasteiger partial charge in [0.15, 0.2) is 0 Å². The van der Waals surface area contributed by atoms with Crippen molar-refractivity contribution in [1.29, 1.82) is 0 Å². The van der Waals surface area contributed by atoms with Crippen molar-refractivity contribution in [3.05, 3.63) is 24.3 Å². The van der Waals surface area contributed by atoms with Crippen LogP contribution in [0.4, 0.5) is 5.69 Å². The minimum atomic E-state index is -0.989. The minimum absolute atomic E-state index is 0. The first-order chi connectivity index (χ1) is 4.88. The fourth-order valence-corrected chi connectivity index (χ4v) is 1.76. The molecule has 0 saturated heterocycles. The number of benzene rings is 1. The van der Waals surface area contributed by atoms with E-state index >= 15 is 0 Å². The van der Waals surface area contributed by atoms with Crippen molar-refractivity contribution in [3.8, 4) is 0 Å². The zero-order valence-electron chi connectivity index (χ0n) is 6.15. The number of fused-ring (bicyclic) bond motifs is 1. The molecule has 1 aromatic rings. The van der Waals surface area contributed by atoms with Crippen LogP contribution in [0.25, 0.3) is 0 Å². The summed E-state index contributed by atoms with van der Waals surface area (Å²) in [5, 5.41) is 0. The molecule has 2 nitrogen and oxygen atoms in total. The third-order valence-corrected chi connectivity index (χ3v) is 2.45. The smallest absolute Gasteiger partial charge is 0.0984 e. The second-order valence-corrected chi connectivity index (χ2v) is 3.25. The molecule has 0 amide bonds. The molecule has 1 aliphatic heterocycles. The fraction of sp³-hybridized carbons (Fsp3) is 0. The molecule has 1 atom stereocenters. The predicted octanol–water partition coefficient (Wildman–Crippen LogP) is 1.09. The average Bonchev–Trinajstić information content (AvgIpc) is 2.34. The van der Waals surface area contributed by atoms with Crippen molar-refractivity contribution in [1.82, 2.24) is 0 Å². The van der Waals surface area contributed by atoms with E-state index in [0.717, 1.165) is 10.6 Å². The Morgan fingerprint density at radius 2 is 2.00 bits per heavy atom. The zero-order valence-corrected chi connectivity index (χ0v) is 8.97. The summed E-state index contributed by atoms with van der Waals surface area (Å²) in [6.45, 7) is 0. The first kappa shape index (κ1) is 9.13. The van der Waals surface area contributed by atoms with Crippen molar-refractivity contribution in [3.63, 3.8) is 0 Å². The Hall–Kier alpha value is 0.0400. The topological polar surface area (TPSA) is 29.4 Å². The van der Waals surface area contributed by atoms with Crippen molar-refractivity contribution in [2.45, 2.75) is 4.90 Å². The summed E-state index contributed by atoms with van der Waals surface area (Å²) in [6.07, 6.45) is 0. The normalized spacial score (nSPS) is 19.1. The van der Waals surface area contributed by atoms with Crippen LogP contribution >= 0.6 is 0 Å². The third-order valence-electron chi connectivity index (χ3n) is 1.37. The van der Waals surface area contributed by atoms with Crippen molar-refractivity contribution >= 4 is 51.6 Å². The second kappa shape index (κ2) is 3.63. The van der Waals surface area contributed by atoms with E-state index in [0.29, 0.717) is 0 Å². The number of para-hydroxylation sites is 1. The van der Waals surface area contributed by atoms with Crippen LogP contribution in [0.1, 0.15) is 0 Å². The Bertz CT molecular complexity index is 324. The molecule has 0 spiro atoms. The van der Waals surface area contributed by atoms with E-state index in [2.05, 4.69) is 4.99 Å². The summed E-state index contributed by atoms with van der Waals surface area (Å²) in [6, 6.07) is 7.44. The largest absolute Gasteiger partial charge is 0.248 e. The van der Waals surface area contributed by atoms with Gasteiger partial charge in [0.25, 0.3) is 0 Å². The van der Waals surface area contributed by atoms with Crippen LogP contribution in [-0.2, 0) is 10.8 Å². The van der Waals surface area contributed by atoms with Crippen molar-refractivity contribution < 1.29 is 4.21 Å². The Labute approximate surface area is 89.5 Å². The molecule has 4 heteroatoms. The summed E-state index contributed by atoms with van der Waals surface area (Å²) < 4.78 is 11.0. The quantitative estimate of drug-likeness (QED) is 0.541. The maximum atomic E-state index is 11.0. The van der Waals surface area contributed by atoms with Gasteiger partial charge in [-0.05, 0) is 12.1 Å². The Balaban J connectivity index is 0.000000605. The minimum Gasteiger partial charge on any atom is -0.248 e. The van der Waals surface area contributed by atoms with Crippen LogP contribution in [0.15, 0.2) is 34.2 Å². The van der Waals surface area contributed by atoms with E-state index in [-0.39, 0.29) is 29.6 Å². The van der Waals surface area contributed by atoms with Crippen LogP contribution in [0.2, 0.25) is 0 Å². The molecule has 2 rings (SSSR count). The standard InChI is InChI=1S/C7H5NOS.Na/c9-10-5-8-6-3-1-2-4-7(6)10;/h1-5H;. The first-order valence-electron chi connectivity index (χ1n) is 2.92. The van der Waals surface area contributed by atoms with E-state index in [4.69, 9.17) is 0 Å². The van der Waals surface area contributed by atoms with Crippen molar-refractivity contribution in [2.75, 3.05) is 0 Å². The molecule has 1 aliphatic rings. The van der Waals surface area contributed by atoms with Gasteiger partial charge in [0.05, 0.1) is 26.9 Å². The van der Waals surface area contributed by atoms with Gasteiger partial charge in [0.1, 0.15) is 0 Å². The van der Waals surface area contributed by atoms with E-state index in [9.17, 15) is 4.21 Å². The number of hydrogen-bond donors (Lipinski definition) is 0. The first-order valence-corrected chi connectivity index (χ1v) is 4.13. The molecule has 1 radical (unpaired) electrons. The molecule has 0 saturated carbocycles. The molecule has 1 unspecified atom stereocenters. The van der Waals surface area contributed by atoms with Gasteiger partial charge >= 0.3 is 0 Å². The summed E-state index contributed by atoms with van der Waals surface area (Å²) in [5.41, 5.74) is 2.30. The third kappa shape index (κ3) is 1.62. The molecule has 0 N–H and O–H groups in total. The molecule has 0 aromatic heterocycles. The Kier molecular flexibility index (Phi) is 3.01. The summed E-state index contributed by atoms with van der Waals surface area (Å²) in [7, 11) is -0.989. The van der Waals surface area contributed by atoms with Gasteiger partial charge in [-0.1, -0.05) is 12.1 Å². The molecule has 11 heavy (non-hydrogen) atoms. The van der Waals surface area contributed by atoms with E-state index < -0.39 is 10.8 Å². The SMILES string of the molecule is O=S1C=Nc2ccccc21.[Na]. The van der Waals surface area contributed by atoms with Crippen LogP contribution in [0.5, 0.6) is 0 Å². The second-order valence-electron chi connectivity index (χ2n) is 2.00. The maximum Gasteiger partial charge on any atom is 0.0984 e. The summed E-state index contributed by atoms with van der Waals surface area (Å²) >= 11 is 0. The fourth-order valence-electron chi connectivity index (χ4n) is 0.895. The Morgan fingerprint density at radius 1 is 1.27 bits per heavy atom. The van der Waals surface area contributed by atoms with E-state index in [1.807, 2.05) is 24.3 Å². The number of nitrogens with zero attached hydrogens (tertiary/aromatic N) is 1. The monoisotopic (exact) mass is 174 g/mol. The maximum absolute atomic E-state index is 11.0. The Morgan fingerprint density at radius 3 is 2.73 bits per heavy atom. The average molecular weight is 174 g/mol. The molecular weight excluding hydrogens is 169 g/mol. The van der Waals surface area contributed by atoms with Crippen LogP contribution in [0.3, 0.4) is 0 Å². The molecule has 0 bridgehead atoms. The summed E-state index contributed by atoms with van der Waals surface area (Å²) in [5.74, 6) is 0. The summed E-state index contributed by atoms with van der Waals surface area (Å²) in [4.78, 5) is 4.78. The van der Waals surface area contributed by atoms with Gasteiger partial charge in [0, 0.05) is 29.6 Å². The van der Waals surface area contributed by atoms with Gasteiger partial charge in [0.2, 0.25) is 0 Å². The molecular formula is C7H5NNaOS. The van der Waals surface area contributed by atoms with Gasteiger partial charge in [-0.3, -0.25) is 0 Å².